The zero-order valence-electron chi connectivity index (χ0n) is 16.4. The molecule has 30 heavy (non-hydrogen) atoms. The van der Waals surface area contributed by atoms with Crippen molar-refractivity contribution in [2.24, 2.45) is 0 Å². The standard InChI is InChI=1S/C19H19BrClN3O3S2.ClH/c1-23(2)9-10-24(18(25)13-11-12(20)7-8-14(13)21)19-22-17-15(28-19)5-4-6-16(17)29(3,26)27;/h4-8,11H,9-10H2,1-3H3;1H. The number of aromatic nitrogens is 1. The number of para-hydroxylation sites is 1. The van der Waals surface area contributed by atoms with Gasteiger partial charge in [0.25, 0.3) is 5.91 Å². The van der Waals surface area contributed by atoms with Gasteiger partial charge in [0, 0.05) is 23.8 Å². The number of halogens is 3. The van der Waals surface area contributed by atoms with E-state index in [1.807, 2.05) is 19.0 Å². The van der Waals surface area contributed by atoms with Crippen molar-refractivity contribution in [3.05, 3.63) is 51.5 Å². The number of amides is 1. The molecule has 6 nitrogen and oxygen atoms in total. The number of likely N-dealkylation sites (N-methyl/N-ethyl adjacent to an activating group) is 1. The Morgan fingerprint density at radius 2 is 1.90 bits per heavy atom. The van der Waals surface area contributed by atoms with E-state index in [1.54, 1.807) is 35.2 Å². The van der Waals surface area contributed by atoms with Crippen molar-refractivity contribution in [3.63, 3.8) is 0 Å². The molecule has 2 aromatic carbocycles. The molecule has 0 N–H and O–H groups in total. The molecule has 0 aliphatic carbocycles. The Hall–Kier alpha value is -1.23. The van der Waals surface area contributed by atoms with Crippen LogP contribution in [0.1, 0.15) is 10.4 Å². The molecule has 0 saturated carbocycles. The van der Waals surface area contributed by atoms with Crippen LogP contribution in [0, 0.1) is 0 Å². The molecule has 0 unspecified atom stereocenters. The van der Waals surface area contributed by atoms with Crippen LogP contribution in [0.25, 0.3) is 10.2 Å². The number of sulfone groups is 1. The van der Waals surface area contributed by atoms with Gasteiger partial charge in [0.05, 0.1) is 20.2 Å². The van der Waals surface area contributed by atoms with E-state index in [2.05, 4.69) is 20.9 Å². The van der Waals surface area contributed by atoms with E-state index in [0.717, 1.165) is 10.7 Å². The minimum absolute atomic E-state index is 0. The first-order valence-corrected chi connectivity index (χ1v) is 12.5. The number of nitrogens with zero attached hydrogens (tertiary/aromatic N) is 3. The Bertz CT molecular complexity index is 1180. The van der Waals surface area contributed by atoms with Gasteiger partial charge in [-0.1, -0.05) is 44.9 Å². The largest absolute Gasteiger partial charge is 0.308 e. The van der Waals surface area contributed by atoms with Crippen LogP contribution in [0.5, 0.6) is 0 Å². The van der Waals surface area contributed by atoms with Crippen molar-refractivity contribution in [2.45, 2.75) is 4.90 Å². The third kappa shape index (κ3) is 5.52. The normalized spacial score (nSPS) is 11.5. The summed E-state index contributed by atoms with van der Waals surface area (Å²) in [5.74, 6) is -0.293. The fraction of sp³-hybridized carbons (Fsp3) is 0.263. The van der Waals surface area contributed by atoms with Crippen LogP contribution < -0.4 is 4.90 Å². The summed E-state index contributed by atoms with van der Waals surface area (Å²) in [6.45, 7) is 0.981. The SMILES string of the molecule is CN(C)CCN(C(=O)c1cc(Br)ccc1Cl)c1nc2c(S(C)(=O)=O)cccc2s1.Cl. The topological polar surface area (TPSA) is 70.6 Å². The number of hydrogen-bond donors (Lipinski definition) is 0. The van der Waals surface area contributed by atoms with Crippen LogP contribution in [0.15, 0.2) is 45.8 Å². The molecular formula is C19H20BrCl2N3O3S2. The van der Waals surface area contributed by atoms with Gasteiger partial charge in [0.1, 0.15) is 5.52 Å². The second-order valence-corrected chi connectivity index (χ2v) is 11.1. The van der Waals surface area contributed by atoms with Gasteiger partial charge in [-0.25, -0.2) is 13.4 Å². The van der Waals surface area contributed by atoms with Crippen molar-refractivity contribution >= 4 is 82.4 Å². The van der Waals surface area contributed by atoms with Gasteiger partial charge in [-0.2, -0.15) is 0 Å². The molecule has 11 heteroatoms. The summed E-state index contributed by atoms with van der Waals surface area (Å²) in [7, 11) is 0.376. The summed E-state index contributed by atoms with van der Waals surface area (Å²) >= 11 is 10.9. The number of carbonyl (C=O) groups is 1. The highest BCUT2D eigenvalue weighted by atomic mass is 79.9. The van der Waals surface area contributed by atoms with Crippen LogP contribution in [0.2, 0.25) is 5.02 Å². The molecule has 0 fully saturated rings. The first kappa shape index (κ1) is 25.0. The van der Waals surface area contributed by atoms with E-state index in [9.17, 15) is 13.2 Å². The average molecular weight is 553 g/mol. The maximum absolute atomic E-state index is 13.3. The maximum Gasteiger partial charge on any atom is 0.261 e. The predicted octanol–water partition coefficient (Wildman–Crippen LogP) is 4.75. The van der Waals surface area contributed by atoms with Crippen molar-refractivity contribution in [3.8, 4) is 0 Å². The molecule has 3 aromatic rings. The molecule has 1 aromatic heterocycles. The Morgan fingerprint density at radius 1 is 1.20 bits per heavy atom. The minimum atomic E-state index is -3.45. The Kier molecular flexibility index (Phi) is 8.29. The molecule has 0 bridgehead atoms. The minimum Gasteiger partial charge on any atom is -0.308 e. The number of carbonyl (C=O) groups excluding carboxylic acids is 1. The number of rotatable bonds is 6. The van der Waals surface area contributed by atoms with Crippen molar-refractivity contribution < 1.29 is 13.2 Å². The lowest BCUT2D eigenvalue weighted by Gasteiger charge is -2.22. The third-order valence-electron chi connectivity index (χ3n) is 4.18. The molecule has 162 valence electrons. The fourth-order valence-electron chi connectivity index (χ4n) is 2.72. The molecule has 0 aliphatic heterocycles. The molecule has 0 saturated heterocycles. The number of thiazole rings is 1. The van der Waals surface area contributed by atoms with Gasteiger partial charge in [0.15, 0.2) is 15.0 Å². The van der Waals surface area contributed by atoms with Gasteiger partial charge in [-0.15, -0.1) is 12.4 Å². The molecule has 0 radical (unpaired) electrons. The zero-order valence-corrected chi connectivity index (χ0v) is 21.2. The third-order valence-corrected chi connectivity index (χ3v) is 7.17. The van der Waals surface area contributed by atoms with E-state index >= 15 is 0 Å². The number of benzene rings is 2. The van der Waals surface area contributed by atoms with E-state index in [-0.39, 0.29) is 23.2 Å². The second kappa shape index (κ2) is 9.93. The van der Waals surface area contributed by atoms with Crippen LogP contribution in [0.3, 0.4) is 0 Å². The quantitative estimate of drug-likeness (QED) is 0.441. The summed E-state index contributed by atoms with van der Waals surface area (Å²) in [4.78, 5) is 21.5. The number of fused-ring (bicyclic) bond motifs is 1. The summed E-state index contributed by atoms with van der Waals surface area (Å²) in [6.07, 6.45) is 1.15. The van der Waals surface area contributed by atoms with Gasteiger partial charge in [-0.05, 0) is 44.4 Å². The van der Waals surface area contributed by atoms with E-state index in [1.165, 1.54) is 17.4 Å². The van der Waals surface area contributed by atoms with Gasteiger partial charge >= 0.3 is 0 Å². The molecule has 1 amide bonds. The number of hydrogen-bond acceptors (Lipinski definition) is 6. The first-order valence-electron chi connectivity index (χ1n) is 8.59. The highest BCUT2D eigenvalue weighted by molar-refractivity contribution is 9.10. The highest BCUT2D eigenvalue weighted by Gasteiger charge is 2.25. The monoisotopic (exact) mass is 551 g/mol. The van der Waals surface area contributed by atoms with Crippen molar-refractivity contribution in [1.82, 2.24) is 9.88 Å². The smallest absolute Gasteiger partial charge is 0.261 e. The van der Waals surface area contributed by atoms with Crippen LogP contribution in [-0.2, 0) is 9.84 Å². The summed E-state index contributed by atoms with van der Waals surface area (Å²) in [5.41, 5.74) is 0.723. The van der Waals surface area contributed by atoms with E-state index < -0.39 is 9.84 Å². The van der Waals surface area contributed by atoms with Gasteiger partial charge in [0.2, 0.25) is 0 Å². The fourth-order valence-corrected chi connectivity index (χ4v) is 5.19. The number of anilines is 1. The van der Waals surface area contributed by atoms with Crippen molar-refractivity contribution in [1.29, 1.82) is 0 Å². The van der Waals surface area contributed by atoms with E-state index in [0.29, 0.717) is 39.0 Å². The summed E-state index contributed by atoms with van der Waals surface area (Å²) < 4.78 is 25.7. The average Bonchev–Trinajstić information content (AvgIpc) is 3.06. The maximum atomic E-state index is 13.3. The van der Waals surface area contributed by atoms with Gasteiger partial charge < -0.3 is 4.90 Å². The predicted molar refractivity (Wildman–Crippen MR) is 129 cm³/mol. The zero-order chi connectivity index (χ0) is 21.3. The highest BCUT2D eigenvalue weighted by Crippen LogP contribution is 2.34. The first-order chi connectivity index (χ1) is 13.6. The van der Waals surface area contributed by atoms with Crippen LogP contribution in [-0.4, -0.2) is 57.6 Å². The van der Waals surface area contributed by atoms with E-state index in [4.69, 9.17) is 11.6 Å². The Morgan fingerprint density at radius 3 is 2.53 bits per heavy atom. The van der Waals surface area contributed by atoms with Crippen LogP contribution >= 0.6 is 51.3 Å². The van der Waals surface area contributed by atoms with Gasteiger partial charge in [-0.3, -0.25) is 9.69 Å². The lowest BCUT2D eigenvalue weighted by molar-refractivity contribution is 0.0985. The molecular weight excluding hydrogens is 533 g/mol. The lowest BCUT2D eigenvalue weighted by atomic mass is 10.2. The lowest BCUT2D eigenvalue weighted by Crippen LogP contribution is -2.36. The summed E-state index contributed by atoms with van der Waals surface area (Å²) in [6, 6.07) is 10.1. The Labute approximate surface area is 199 Å². The molecule has 0 aliphatic rings. The second-order valence-electron chi connectivity index (χ2n) is 6.76. The van der Waals surface area contributed by atoms with Crippen molar-refractivity contribution in [2.75, 3.05) is 38.3 Å². The molecule has 3 rings (SSSR count). The summed E-state index contributed by atoms with van der Waals surface area (Å²) in [5, 5.41) is 0.769. The molecule has 1 heterocycles. The van der Waals surface area contributed by atoms with Crippen LogP contribution in [0.4, 0.5) is 5.13 Å². The molecule has 0 spiro atoms. The molecule has 0 atom stereocenters. The Balaban J connectivity index is 0.00000320.